The zero-order valence-electron chi connectivity index (χ0n) is 11.1. The normalized spacial score (nSPS) is 30.8. The number of rotatable bonds is 4. The summed E-state index contributed by atoms with van der Waals surface area (Å²) < 4.78 is 16.8. The van der Waals surface area contributed by atoms with Crippen molar-refractivity contribution in [1.82, 2.24) is 0 Å². The molecule has 0 bridgehead atoms. The van der Waals surface area contributed by atoms with E-state index < -0.39 is 12.2 Å². The fourth-order valence-electron chi connectivity index (χ4n) is 2.57. The van der Waals surface area contributed by atoms with Gasteiger partial charge in [-0.3, -0.25) is 0 Å². The van der Waals surface area contributed by atoms with E-state index in [0.29, 0.717) is 13.2 Å². The van der Waals surface area contributed by atoms with Crippen LogP contribution in [0.25, 0.3) is 0 Å². The summed E-state index contributed by atoms with van der Waals surface area (Å²) >= 11 is 0. The highest BCUT2D eigenvalue weighted by Crippen LogP contribution is 2.22. The van der Waals surface area contributed by atoms with E-state index in [1.807, 2.05) is 0 Å². The fraction of sp³-hybridized carbons (Fsp3) is 0.857. The van der Waals surface area contributed by atoms with Crippen LogP contribution in [0.1, 0.15) is 38.5 Å². The summed E-state index contributed by atoms with van der Waals surface area (Å²) in [7, 11) is 0. The van der Waals surface area contributed by atoms with Crippen molar-refractivity contribution >= 4 is 0 Å². The molecule has 0 aliphatic carbocycles. The number of ether oxygens (including phenoxy) is 3. The summed E-state index contributed by atoms with van der Waals surface area (Å²) in [6, 6.07) is 4.24. The molecule has 4 atom stereocenters. The van der Waals surface area contributed by atoms with Crippen molar-refractivity contribution < 1.29 is 14.2 Å². The van der Waals surface area contributed by atoms with E-state index in [0.717, 1.165) is 38.5 Å². The Morgan fingerprint density at radius 2 is 1.32 bits per heavy atom. The molecule has 0 radical (unpaired) electrons. The number of hydrogen-bond acceptors (Lipinski definition) is 5. The molecule has 5 nitrogen and oxygen atoms in total. The Morgan fingerprint density at radius 1 is 0.842 bits per heavy atom. The number of hydrogen-bond donors (Lipinski definition) is 0. The van der Waals surface area contributed by atoms with Crippen LogP contribution in [0, 0.1) is 22.7 Å². The van der Waals surface area contributed by atoms with Gasteiger partial charge in [-0.25, -0.2) is 0 Å². The van der Waals surface area contributed by atoms with E-state index in [9.17, 15) is 10.5 Å². The summed E-state index contributed by atoms with van der Waals surface area (Å²) in [4.78, 5) is 0. The summed E-state index contributed by atoms with van der Waals surface area (Å²) in [6.45, 7) is 1.34. The van der Waals surface area contributed by atoms with Gasteiger partial charge in [-0.2, -0.15) is 10.5 Å². The Morgan fingerprint density at radius 3 is 1.63 bits per heavy atom. The van der Waals surface area contributed by atoms with Crippen molar-refractivity contribution in [2.24, 2.45) is 0 Å². The minimum atomic E-state index is -0.671. The van der Waals surface area contributed by atoms with E-state index in [4.69, 9.17) is 14.2 Å². The van der Waals surface area contributed by atoms with Gasteiger partial charge in [-0.1, -0.05) is 0 Å². The molecule has 2 saturated heterocycles. The zero-order chi connectivity index (χ0) is 13.5. The summed E-state index contributed by atoms with van der Waals surface area (Å²) in [5.41, 5.74) is 0. The minimum absolute atomic E-state index is 0.210. The van der Waals surface area contributed by atoms with Crippen molar-refractivity contribution in [3.05, 3.63) is 0 Å². The highest BCUT2D eigenvalue weighted by molar-refractivity contribution is 4.98. The summed E-state index contributed by atoms with van der Waals surface area (Å²) in [5.74, 6) is 0. The summed E-state index contributed by atoms with van der Waals surface area (Å²) in [6.07, 6.45) is 4.03. The second-order valence-electron chi connectivity index (χ2n) is 5.05. The van der Waals surface area contributed by atoms with Crippen LogP contribution in [0.15, 0.2) is 0 Å². The molecule has 0 N–H and O–H groups in total. The topological polar surface area (TPSA) is 75.3 Å². The molecule has 2 heterocycles. The molecule has 0 aromatic heterocycles. The maximum atomic E-state index is 9.22. The Balaban J connectivity index is 1.91. The van der Waals surface area contributed by atoms with Gasteiger partial charge in [0.15, 0.2) is 12.2 Å². The molecule has 0 aromatic carbocycles. The standard InChI is InChI=1S/C14H20N2O3/c15-9-13(11-5-1-3-7-17-11)19-14(10-16)12-6-2-4-8-18-12/h11-14H,1-8H2. The van der Waals surface area contributed by atoms with E-state index in [-0.39, 0.29) is 12.2 Å². The maximum absolute atomic E-state index is 9.22. The van der Waals surface area contributed by atoms with E-state index >= 15 is 0 Å². The lowest BCUT2D eigenvalue weighted by molar-refractivity contribution is -0.124. The second-order valence-corrected chi connectivity index (χ2v) is 5.05. The molecule has 0 amide bonds. The lowest BCUT2D eigenvalue weighted by Crippen LogP contribution is -2.41. The van der Waals surface area contributed by atoms with Crippen LogP contribution in [0.5, 0.6) is 0 Å². The Hall–Kier alpha value is -1.14. The predicted molar refractivity (Wildman–Crippen MR) is 67.1 cm³/mol. The molecular weight excluding hydrogens is 244 g/mol. The van der Waals surface area contributed by atoms with Crippen molar-refractivity contribution in [2.75, 3.05) is 13.2 Å². The van der Waals surface area contributed by atoms with E-state index in [1.165, 1.54) is 0 Å². The molecule has 0 spiro atoms. The molecule has 4 unspecified atom stereocenters. The van der Waals surface area contributed by atoms with Crippen molar-refractivity contribution in [1.29, 1.82) is 10.5 Å². The van der Waals surface area contributed by atoms with Gasteiger partial charge >= 0.3 is 0 Å². The monoisotopic (exact) mass is 264 g/mol. The third-order valence-electron chi connectivity index (χ3n) is 3.65. The quantitative estimate of drug-likeness (QED) is 0.775. The molecule has 19 heavy (non-hydrogen) atoms. The molecule has 2 rings (SSSR count). The first kappa shape index (κ1) is 14.3. The minimum Gasteiger partial charge on any atom is -0.374 e. The molecular formula is C14H20N2O3. The average Bonchev–Trinajstić information content (AvgIpc) is 2.50. The lowest BCUT2D eigenvalue weighted by atomic mass is 10.0. The van der Waals surface area contributed by atoms with E-state index in [2.05, 4.69) is 12.1 Å². The molecule has 2 aliphatic rings. The van der Waals surface area contributed by atoms with Crippen LogP contribution >= 0.6 is 0 Å². The fourth-order valence-corrected chi connectivity index (χ4v) is 2.57. The predicted octanol–water partition coefficient (Wildman–Crippen LogP) is 1.93. The van der Waals surface area contributed by atoms with Crippen LogP contribution in [-0.4, -0.2) is 37.6 Å². The first-order valence-electron chi connectivity index (χ1n) is 7.03. The van der Waals surface area contributed by atoms with Gasteiger partial charge in [0.25, 0.3) is 0 Å². The third kappa shape index (κ3) is 3.91. The first-order valence-corrected chi connectivity index (χ1v) is 7.03. The van der Waals surface area contributed by atoms with Crippen molar-refractivity contribution in [3.63, 3.8) is 0 Å². The van der Waals surface area contributed by atoms with Crippen molar-refractivity contribution in [2.45, 2.75) is 62.9 Å². The maximum Gasteiger partial charge on any atom is 0.171 e. The van der Waals surface area contributed by atoms with Gasteiger partial charge in [0.05, 0.1) is 24.3 Å². The van der Waals surface area contributed by atoms with Crippen LogP contribution in [0.2, 0.25) is 0 Å². The number of nitriles is 2. The molecule has 104 valence electrons. The van der Waals surface area contributed by atoms with Crippen LogP contribution in [-0.2, 0) is 14.2 Å². The molecule has 5 heteroatoms. The van der Waals surface area contributed by atoms with E-state index in [1.54, 1.807) is 0 Å². The average molecular weight is 264 g/mol. The van der Waals surface area contributed by atoms with Gasteiger partial charge in [-0.05, 0) is 38.5 Å². The van der Waals surface area contributed by atoms with Crippen molar-refractivity contribution in [3.8, 4) is 12.1 Å². The second kappa shape index (κ2) is 7.45. The smallest absolute Gasteiger partial charge is 0.171 e. The van der Waals surface area contributed by atoms with Gasteiger partial charge < -0.3 is 14.2 Å². The first-order chi connectivity index (χ1) is 9.35. The van der Waals surface area contributed by atoms with Gasteiger partial charge in [0.2, 0.25) is 0 Å². The van der Waals surface area contributed by atoms with Crippen LogP contribution in [0.3, 0.4) is 0 Å². The molecule has 2 aliphatic heterocycles. The Labute approximate surface area is 114 Å². The number of nitrogens with zero attached hydrogens (tertiary/aromatic N) is 2. The molecule has 2 fully saturated rings. The Kier molecular flexibility index (Phi) is 5.60. The molecule has 0 aromatic rings. The highest BCUT2D eigenvalue weighted by Gasteiger charge is 2.32. The van der Waals surface area contributed by atoms with Gasteiger partial charge in [-0.15, -0.1) is 0 Å². The van der Waals surface area contributed by atoms with Crippen LogP contribution in [0.4, 0.5) is 0 Å². The van der Waals surface area contributed by atoms with Gasteiger partial charge in [0, 0.05) is 13.2 Å². The largest absolute Gasteiger partial charge is 0.374 e. The van der Waals surface area contributed by atoms with Gasteiger partial charge in [0.1, 0.15) is 0 Å². The highest BCUT2D eigenvalue weighted by atomic mass is 16.6. The summed E-state index contributed by atoms with van der Waals surface area (Å²) in [5, 5.41) is 18.4. The lowest BCUT2D eigenvalue weighted by Gasteiger charge is -2.31. The van der Waals surface area contributed by atoms with Crippen LogP contribution < -0.4 is 0 Å². The third-order valence-corrected chi connectivity index (χ3v) is 3.65. The zero-order valence-corrected chi connectivity index (χ0v) is 11.1. The Bertz CT molecular complexity index is 315. The SMILES string of the molecule is N#CC(OC(C#N)C1CCCCO1)C1CCCCO1. The molecule has 0 saturated carbocycles.